The Balaban J connectivity index is 1.58. The minimum Gasteiger partial charge on any atom is -0.443 e. The van der Waals surface area contributed by atoms with Gasteiger partial charge in [0.15, 0.2) is 29.3 Å². The average Bonchev–Trinajstić information content (AvgIpc) is 3.41. The van der Waals surface area contributed by atoms with Crippen LogP contribution in [0.5, 0.6) is 0 Å². The molecule has 0 radical (unpaired) electrons. The van der Waals surface area contributed by atoms with Gasteiger partial charge in [0.05, 0.1) is 18.3 Å². The fraction of sp³-hybridized carbons (Fsp3) is 0.500. The van der Waals surface area contributed by atoms with Crippen LogP contribution in [0.3, 0.4) is 0 Å². The van der Waals surface area contributed by atoms with Gasteiger partial charge in [-0.15, -0.1) is 0 Å². The molecule has 30 heavy (non-hydrogen) atoms. The highest BCUT2D eigenvalue weighted by Crippen LogP contribution is 2.39. The second-order valence-electron chi connectivity index (χ2n) is 6.73. The molecule has 3 aromatic heterocycles. The van der Waals surface area contributed by atoms with Gasteiger partial charge in [0.25, 0.3) is 0 Å². The van der Waals surface area contributed by atoms with Crippen LogP contribution in [0.15, 0.2) is 23.3 Å². The molecule has 0 spiro atoms. The number of anilines is 1. The number of rotatable bonds is 7. The van der Waals surface area contributed by atoms with Gasteiger partial charge in [0, 0.05) is 6.54 Å². The van der Waals surface area contributed by atoms with Crippen LogP contribution in [0.25, 0.3) is 11.2 Å². The van der Waals surface area contributed by atoms with E-state index in [1.807, 2.05) is 0 Å². The summed E-state index contributed by atoms with van der Waals surface area (Å²) in [5.41, 5.74) is 0.699. The van der Waals surface area contributed by atoms with Crippen LogP contribution >= 0.6 is 0 Å². The maximum atomic E-state index is 11.6. The van der Waals surface area contributed by atoms with Crippen LogP contribution in [0.4, 0.5) is 5.82 Å². The van der Waals surface area contributed by atoms with Crippen molar-refractivity contribution in [3.8, 4) is 0 Å². The van der Waals surface area contributed by atoms with E-state index in [0.29, 0.717) is 22.7 Å². The van der Waals surface area contributed by atoms with Crippen molar-refractivity contribution in [1.29, 1.82) is 0 Å². The Morgan fingerprint density at radius 3 is 2.70 bits per heavy atom. The quantitative estimate of drug-likeness (QED) is 0.358. The van der Waals surface area contributed by atoms with Gasteiger partial charge in [0.1, 0.15) is 24.3 Å². The summed E-state index contributed by atoms with van der Waals surface area (Å²) >= 11 is 0. The summed E-state index contributed by atoms with van der Waals surface area (Å²) in [6.45, 7) is 1.82. The number of aliphatic hydroxyl groups is 2. The number of imidazole rings is 1. The van der Waals surface area contributed by atoms with E-state index in [1.54, 1.807) is 6.92 Å². The summed E-state index contributed by atoms with van der Waals surface area (Å²) in [4.78, 5) is 16.6. The third-order valence-electron chi connectivity index (χ3n) is 4.73. The molecule has 0 amide bonds. The Morgan fingerprint density at radius 1 is 1.20 bits per heavy atom. The number of hydrogen-bond donors (Lipinski definition) is 4. The van der Waals surface area contributed by atoms with Crippen molar-refractivity contribution < 1.29 is 27.8 Å². The van der Waals surface area contributed by atoms with Crippen molar-refractivity contribution in [3.05, 3.63) is 30.5 Å². The van der Waals surface area contributed by atoms with Crippen molar-refractivity contribution in [2.45, 2.75) is 31.5 Å². The molecule has 3 aromatic rings. The molecule has 4 N–H and O–H groups in total. The molecule has 0 unspecified atom stereocenters. The predicted octanol–water partition coefficient (Wildman–Crippen LogP) is -0.924. The molecule has 4 atom stereocenters. The number of ether oxygens (including phenoxy) is 1. The predicted molar refractivity (Wildman–Crippen MR) is 103 cm³/mol. The standard InChI is InChI=1S/C16H21N7O6S/c1-8-5-19-15(28-8)12-10(24)11(25)16(29-12)23-7-22-9-13(20-6-21-14(9)23)18-3-4-30(26,27)17-2/h5-7,10-12,16-17,24-25H,3-4H2,1-2H3,(H,18,20,21)/t10-,11-,12-,16+/m0/s1. The van der Waals surface area contributed by atoms with E-state index in [0.717, 1.165) is 0 Å². The van der Waals surface area contributed by atoms with E-state index in [9.17, 15) is 18.6 Å². The van der Waals surface area contributed by atoms with Gasteiger partial charge in [-0.2, -0.15) is 0 Å². The summed E-state index contributed by atoms with van der Waals surface area (Å²) in [5.74, 6) is 0.895. The van der Waals surface area contributed by atoms with Crippen LogP contribution in [-0.2, 0) is 14.8 Å². The van der Waals surface area contributed by atoms with Crippen LogP contribution < -0.4 is 10.0 Å². The second-order valence-corrected chi connectivity index (χ2v) is 8.78. The number of aliphatic hydroxyl groups excluding tert-OH is 2. The van der Waals surface area contributed by atoms with Gasteiger partial charge < -0.3 is 24.7 Å². The lowest BCUT2D eigenvalue weighted by atomic mass is 10.1. The SMILES string of the molecule is CNS(=O)(=O)CCNc1ncnc2c1ncn2[C@@H]1O[C@H](c2ncc(C)o2)[C@@H](O)[C@@H]1O. The summed E-state index contributed by atoms with van der Waals surface area (Å²) in [6.07, 6.45) is -0.321. The molecule has 14 heteroatoms. The second kappa shape index (κ2) is 7.88. The van der Waals surface area contributed by atoms with Crippen molar-refractivity contribution in [3.63, 3.8) is 0 Å². The smallest absolute Gasteiger partial charge is 0.226 e. The van der Waals surface area contributed by atoms with Crippen LogP contribution in [0, 0.1) is 6.92 Å². The van der Waals surface area contributed by atoms with Gasteiger partial charge in [-0.3, -0.25) is 4.57 Å². The van der Waals surface area contributed by atoms with Gasteiger partial charge in [-0.25, -0.2) is 33.1 Å². The zero-order chi connectivity index (χ0) is 21.5. The van der Waals surface area contributed by atoms with Gasteiger partial charge in [-0.05, 0) is 14.0 Å². The zero-order valence-corrected chi connectivity index (χ0v) is 16.9. The lowest BCUT2D eigenvalue weighted by Gasteiger charge is -2.16. The number of fused-ring (bicyclic) bond motifs is 1. The van der Waals surface area contributed by atoms with E-state index < -0.39 is 34.6 Å². The summed E-state index contributed by atoms with van der Waals surface area (Å²) in [7, 11) is -2.03. The van der Waals surface area contributed by atoms with Gasteiger partial charge in [-0.1, -0.05) is 0 Å². The summed E-state index contributed by atoms with van der Waals surface area (Å²) < 4.78 is 38.1. The van der Waals surface area contributed by atoms with Crippen molar-refractivity contribution >= 4 is 27.0 Å². The monoisotopic (exact) mass is 439 g/mol. The molecule has 162 valence electrons. The molecule has 0 aromatic carbocycles. The molecule has 4 rings (SSSR count). The maximum Gasteiger partial charge on any atom is 0.226 e. The van der Waals surface area contributed by atoms with Crippen molar-refractivity contribution in [1.82, 2.24) is 29.2 Å². The average molecular weight is 439 g/mol. The van der Waals surface area contributed by atoms with Gasteiger partial charge in [0.2, 0.25) is 15.9 Å². The Hall–Kier alpha value is -2.65. The van der Waals surface area contributed by atoms with Gasteiger partial charge >= 0.3 is 0 Å². The Morgan fingerprint density at radius 2 is 2.00 bits per heavy atom. The molecule has 0 saturated carbocycles. The Labute approximate surface area is 171 Å². The van der Waals surface area contributed by atoms with E-state index in [1.165, 1.54) is 30.5 Å². The molecule has 1 saturated heterocycles. The first kappa shape index (κ1) is 20.6. The molecule has 0 bridgehead atoms. The minimum absolute atomic E-state index is 0.106. The zero-order valence-electron chi connectivity index (χ0n) is 16.1. The molecule has 4 heterocycles. The number of nitrogens with zero attached hydrogens (tertiary/aromatic N) is 5. The highest BCUT2D eigenvalue weighted by molar-refractivity contribution is 7.89. The van der Waals surface area contributed by atoms with Crippen LogP contribution in [0.2, 0.25) is 0 Å². The normalized spacial score (nSPS) is 24.5. The summed E-state index contributed by atoms with van der Waals surface area (Å²) in [5, 5.41) is 23.9. The minimum atomic E-state index is -3.37. The number of aromatic nitrogens is 5. The molecule has 1 fully saturated rings. The van der Waals surface area contributed by atoms with Crippen LogP contribution in [-0.4, -0.2) is 74.7 Å². The first-order valence-electron chi connectivity index (χ1n) is 9.07. The van der Waals surface area contributed by atoms with E-state index in [2.05, 4.69) is 30.0 Å². The highest BCUT2D eigenvalue weighted by Gasteiger charge is 2.47. The summed E-state index contributed by atoms with van der Waals surface area (Å²) in [6, 6.07) is 0. The molecular formula is C16H21N7O6S. The third-order valence-corrected chi connectivity index (χ3v) is 6.09. The largest absolute Gasteiger partial charge is 0.443 e. The van der Waals surface area contributed by atoms with E-state index >= 15 is 0 Å². The highest BCUT2D eigenvalue weighted by atomic mass is 32.2. The first-order chi connectivity index (χ1) is 14.3. The van der Waals surface area contributed by atoms with Crippen molar-refractivity contribution in [2.24, 2.45) is 0 Å². The number of nitrogens with one attached hydrogen (secondary N) is 2. The maximum absolute atomic E-state index is 11.6. The van der Waals surface area contributed by atoms with E-state index in [4.69, 9.17) is 9.15 Å². The number of oxazole rings is 1. The number of sulfonamides is 1. The van der Waals surface area contributed by atoms with Crippen LogP contribution in [0.1, 0.15) is 24.0 Å². The fourth-order valence-electron chi connectivity index (χ4n) is 3.17. The number of hydrogen-bond acceptors (Lipinski definition) is 11. The number of aryl methyl sites for hydroxylation is 1. The van der Waals surface area contributed by atoms with Crippen molar-refractivity contribution in [2.75, 3.05) is 24.7 Å². The molecule has 0 aliphatic carbocycles. The topological polar surface area (TPSA) is 178 Å². The Kier molecular flexibility index (Phi) is 5.42. The molecular weight excluding hydrogens is 418 g/mol. The first-order valence-corrected chi connectivity index (χ1v) is 10.7. The Bertz CT molecular complexity index is 1150. The lowest BCUT2D eigenvalue weighted by Crippen LogP contribution is -2.29. The van der Waals surface area contributed by atoms with E-state index in [-0.39, 0.29) is 18.2 Å². The molecule has 1 aliphatic heterocycles. The fourth-order valence-corrected chi connectivity index (χ4v) is 3.75. The molecule has 1 aliphatic rings. The lowest BCUT2D eigenvalue weighted by molar-refractivity contribution is -0.0438. The molecule has 13 nitrogen and oxygen atoms in total. The third kappa shape index (κ3) is 3.75.